The summed E-state index contributed by atoms with van der Waals surface area (Å²) in [6, 6.07) is 9.59. The number of allylic oxidation sites excluding steroid dienone is 1. The normalized spacial score (nSPS) is 21.4. The molecule has 0 aliphatic heterocycles. The summed E-state index contributed by atoms with van der Waals surface area (Å²) in [7, 11) is 1.69. The number of imidazole rings is 1. The Labute approximate surface area is 222 Å². The van der Waals surface area contributed by atoms with Crippen molar-refractivity contribution >= 4 is 23.2 Å². The van der Waals surface area contributed by atoms with Gasteiger partial charge in [0.2, 0.25) is 5.95 Å². The zero-order valence-corrected chi connectivity index (χ0v) is 21.4. The first-order chi connectivity index (χ1) is 18.6. The highest BCUT2D eigenvalue weighted by atomic mass is 19.3. The van der Waals surface area contributed by atoms with Crippen LogP contribution in [-0.4, -0.2) is 34.8 Å². The van der Waals surface area contributed by atoms with E-state index in [4.69, 9.17) is 10.00 Å². The number of benzene rings is 1. The number of rotatable bonds is 7. The van der Waals surface area contributed by atoms with Gasteiger partial charge in [-0.3, -0.25) is 9.25 Å². The summed E-state index contributed by atoms with van der Waals surface area (Å²) in [5.74, 6) is 0.506. The molecule has 10 nitrogen and oxygen atoms in total. The minimum Gasteiger partial charge on any atom is -0.436 e. The van der Waals surface area contributed by atoms with Crippen molar-refractivity contribution in [3.8, 4) is 35.3 Å². The van der Waals surface area contributed by atoms with E-state index < -0.39 is 6.55 Å². The van der Waals surface area contributed by atoms with Crippen LogP contribution in [0.4, 0.5) is 14.7 Å². The maximum absolute atomic E-state index is 14.6. The average molecular weight is 528 g/mol. The molecule has 3 aromatic heterocycles. The number of hydrogen-bond donors (Lipinski definition) is 1. The van der Waals surface area contributed by atoms with Crippen LogP contribution >= 0.6 is 0 Å². The van der Waals surface area contributed by atoms with Crippen molar-refractivity contribution in [2.75, 3.05) is 5.32 Å². The predicted octanol–water partition coefficient (Wildman–Crippen LogP) is 5.43. The lowest BCUT2D eigenvalue weighted by atomic mass is 9.40. The molecule has 3 aliphatic carbocycles. The van der Waals surface area contributed by atoms with Crippen molar-refractivity contribution in [2.45, 2.75) is 45.2 Å². The second-order valence-corrected chi connectivity index (χ2v) is 10.4. The lowest BCUT2D eigenvalue weighted by molar-refractivity contribution is -0.0665. The van der Waals surface area contributed by atoms with Gasteiger partial charge in [-0.2, -0.15) is 34.4 Å². The fraction of sp³-hybridized carbons (Fsp3) is 0.333. The fourth-order valence-electron chi connectivity index (χ4n) is 5.75. The van der Waals surface area contributed by atoms with Crippen molar-refractivity contribution in [2.24, 2.45) is 12.5 Å². The van der Waals surface area contributed by atoms with E-state index in [9.17, 15) is 14.0 Å². The molecule has 4 aromatic rings. The molecule has 0 radical (unpaired) electrons. The van der Waals surface area contributed by atoms with Crippen molar-refractivity contribution in [3.63, 3.8) is 0 Å². The first kappa shape index (κ1) is 24.5. The molecule has 3 heterocycles. The standard InChI is InChI=1S/C27H23F2N9O/c1-15-9-17(5-4-7-30)10-16(2)20(15)39-23-19-21(32-22(38(19)24(28)29)18-6-8-37(3)36-18)33-25(34-23)35-27-11-26(12-27,13-27)14-31/h4-6,8-10,24H,11-13H2,1-3H3,(H,33,34,35)/b5-4+. The van der Waals surface area contributed by atoms with Gasteiger partial charge in [-0.1, -0.05) is 0 Å². The zero-order chi connectivity index (χ0) is 27.5. The highest BCUT2D eigenvalue weighted by molar-refractivity contribution is 5.83. The van der Waals surface area contributed by atoms with Crippen molar-refractivity contribution < 1.29 is 13.5 Å². The molecular weight excluding hydrogens is 504 g/mol. The number of nitrogens with one attached hydrogen (secondary N) is 1. The Morgan fingerprint density at radius 1 is 1.13 bits per heavy atom. The van der Waals surface area contributed by atoms with Gasteiger partial charge in [0.15, 0.2) is 17.0 Å². The maximum Gasteiger partial charge on any atom is 0.320 e. The molecule has 7 rings (SSSR count). The molecule has 196 valence electrons. The van der Waals surface area contributed by atoms with E-state index >= 15 is 0 Å². The predicted molar refractivity (Wildman–Crippen MR) is 138 cm³/mol. The minimum atomic E-state index is -2.97. The van der Waals surface area contributed by atoms with Gasteiger partial charge in [0.05, 0.1) is 17.6 Å². The summed E-state index contributed by atoms with van der Waals surface area (Å²) in [6.07, 6.45) is 6.72. The lowest BCUT2D eigenvalue weighted by Gasteiger charge is -2.66. The SMILES string of the molecule is Cc1cc(/C=C/C#N)cc(C)c1Oc1nc(NC23CC(C#N)(C2)C3)nc2nc(-c3ccn(C)n3)n(C(F)F)c12. The van der Waals surface area contributed by atoms with Crippen LogP contribution in [-0.2, 0) is 7.05 Å². The van der Waals surface area contributed by atoms with Gasteiger partial charge in [-0.05, 0) is 74.1 Å². The number of hydrogen-bond acceptors (Lipinski definition) is 8. The monoisotopic (exact) mass is 527 g/mol. The Morgan fingerprint density at radius 3 is 2.44 bits per heavy atom. The number of aromatic nitrogens is 6. The number of ether oxygens (including phenoxy) is 1. The number of halogens is 2. The number of alkyl halides is 2. The van der Waals surface area contributed by atoms with Crippen LogP contribution in [0.1, 0.15) is 42.5 Å². The average Bonchev–Trinajstić information content (AvgIpc) is 3.45. The Balaban J connectivity index is 1.49. The molecule has 3 fully saturated rings. The van der Waals surface area contributed by atoms with Crippen LogP contribution in [0.25, 0.3) is 28.8 Å². The Kier molecular flexibility index (Phi) is 5.40. The molecule has 3 saturated carbocycles. The van der Waals surface area contributed by atoms with E-state index in [0.717, 1.165) is 21.3 Å². The van der Waals surface area contributed by atoms with E-state index in [1.807, 2.05) is 32.0 Å². The maximum atomic E-state index is 14.6. The third kappa shape index (κ3) is 3.96. The first-order valence-electron chi connectivity index (χ1n) is 12.3. The largest absolute Gasteiger partial charge is 0.436 e. The molecule has 12 heteroatoms. The minimum absolute atomic E-state index is 0.0360. The number of nitriles is 2. The zero-order valence-electron chi connectivity index (χ0n) is 21.4. The third-order valence-electron chi connectivity index (χ3n) is 7.33. The second-order valence-electron chi connectivity index (χ2n) is 10.4. The van der Waals surface area contributed by atoms with Gasteiger partial charge < -0.3 is 10.1 Å². The van der Waals surface area contributed by atoms with Crippen LogP contribution in [0, 0.1) is 41.9 Å². The number of nitrogens with zero attached hydrogens (tertiary/aromatic N) is 8. The van der Waals surface area contributed by atoms with Gasteiger partial charge in [-0.15, -0.1) is 0 Å². The molecular formula is C27H23F2N9O. The molecule has 39 heavy (non-hydrogen) atoms. The molecule has 0 spiro atoms. The number of anilines is 1. The van der Waals surface area contributed by atoms with Gasteiger partial charge in [0.25, 0.3) is 5.88 Å². The number of aryl methyl sites for hydroxylation is 3. The summed E-state index contributed by atoms with van der Waals surface area (Å²) in [5, 5.41) is 25.8. The van der Waals surface area contributed by atoms with Crippen LogP contribution in [0.2, 0.25) is 0 Å². The van der Waals surface area contributed by atoms with E-state index in [0.29, 0.717) is 25.0 Å². The molecule has 2 bridgehead atoms. The number of fused-ring (bicyclic) bond motifs is 1. The summed E-state index contributed by atoms with van der Waals surface area (Å²) in [4.78, 5) is 13.5. The Bertz CT molecular complexity index is 1710. The van der Waals surface area contributed by atoms with E-state index in [-0.39, 0.29) is 45.5 Å². The smallest absolute Gasteiger partial charge is 0.320 e. The van der Waals surface area contributed by atoms with Gasteiger partial charge in [0, 0.05) is 24.9 Å². The van der Waals surface area contributed by atoms with Crippen LogP contribution < -0.4 is 10.1 Å². The molecule has 1 N–H and O–H groups in total. The van der Waals surface area contributed by atoms with Crippen molar-refractivity contribution in [3.05, 3.63) is 47.2 Å². The highest BCUT2D eigenvalue weighted by Crippen LogP contribution is 2.67. The molecule has 0 amide bonds. The van der Waals surface area contributed by atoms with Crippen LogP contribution in [0.15, 0.2) is 30.5 Å². The Morgan fingerprint density at radius 2 is 1.85 bits per heavy atom. The molecule has 1 aromatic carbocycles. The van der Waals surface area contributed by atoms with E-state index in [1.165, 1.54) is 10.8 Å². The highest BCUT2D eigenvalue weighted by Gasteiger charge is 2.69. The van der Waals surface area contributed by atoms with Crippen LogP contribution in [0.3, 0.4) is 0 Å². The van der Waals surface area contributed by atoms with E-state index in [1.54, 1.807) is 25.4 Å². The Hall–Kier alpha value is -4.84. The van der Waals surface area contributed by atoms with Crippen molar-refractivity contribution in [1.82, 2.24) is 29.3 Å². The summed E-state index contributed by atoms with van der Waals surface area (Å²) < 4.78 is 37.6. The van der Waals surface area contributed by atoms with Gasteiger partial charge in [-0.25, -0.2) is 4.98 Å². The lowest BCUT2D eigenvalue weighted by Crippen LogP contribution is -2.70. The third-order valence-corrected chi connectivity index (χ3v) is 7.33. The topological polar surface area (TPSA) is 130 Å². The first-order valence-corrected chi connectivity index (χ1v) is 12.3. The second kappa shape index (κ2) is 8.60. The summed E-state index contributed by atoms with van der Waals surface area (Å²) >= 11 is 0. The summed E-state index contributed by atoms with van der Waals surface area (Å²) in [6.45, 7) is 0.693. The molecule has 0 saturated heterocycles. The molecule has 0 unspecified atom stereocenters. The van der Waals surface area contributed by atoms with Crippen LogP contribution in [0.5, 0.6) is 11.6 Å². The van der Waals surface area contributed by atoms with Gasteiger partial charge >= 0.3 is 6.55 Å². The summed E-state index contributed by atoms with van der Waals surface area (Å²) in [5.41, 5.74) is 1.91. The van der Waals surface area contributed by atoms with E-state index in [2.05, 4.69) is 31.4 Å². The van der Waals surface area contributed by atoms with Gasteiger partial charge in [0.1, 0.15) is 11.4 Å². The quantitative estimate of drug-likeness (QED) is 0.315. The molecule has 3 aliphatic rings. The molecule has 0 atom stereocenters. The fourth-order valence-corrected chi connectivity index (χ4v) is 5.75. The van der Waals surface area contributed by atoms with Crippen molar-refractivity contribution in [1.29, 1.82) is 10.5 Å².